The Balaban J connectivity index is 1.95. The standard InChI is InChI=1S/C15H24N2O4S/c18-11-8-17(7-6-16-9-12-21-13-10-16)22(19,20)14-15-4-2-1-3-5-15/h1-5,18H,6-14H2. The van der Waals surface area contributed by atoms with Crippen LogP contribution in [0.15, 0.2) is 30.3 Å². The van der Waals surface area contributed by atoms with E-state index in [1.807, 2.05) is 18.2 Å². The molecule has 1 N–H and O–H groups in total. The van der Waals surface area contributed by atoms with Crippen LogP contribution in [0.25, 0.3) is 0 Å². The molecule has 0 aromatic heterocycles. The van der Waals surface area contributed by atoms with E-state index >= 15 is 0 Å². The van der Waals surface area contributed by atoms with Crippen LogP contribution in [0.3, 0.4) is 0 Å². The second-order valence-corrected chi connectivity index (χ2v) is 7.29. The zero-order chi connectivity index (χ0) is 15.8. The number of aliphatic hydroxyl groups is 1. The fourth-order valence-electron chi connectivity index (χ4n) is 2.46. The van der Waals surface area contributed by atoms with Crippen molar-refractivity contribution in [2.75, 3.05) is 52.5 Å². The van der Waals surface area contributed by atoms with Crippen molar-refractivity contribution >= 4 is 10.0 Å². The molecule has 1 aliphatic heterocycles. The Bertz CT molecular complexity index is 530. The van der Waals surface area contributed by atoms with Crippen LogP contribution in [0.4, 0.5) is 0 Å². The van der Waals surface area contributed by atoms with Crippen molar-refractivity contribution in [3.8, 4) is 0 Å². The molecular formula is C15H24N2O4S. The lowest BCUT2D eigenvalue weighted by atomic mass is 10.2. The highest BCUT2D eigenvalue weighted by atomic mass is 32.2. The first-order valence-electron chi connectivity index (χ1n) is 7.54. The van der Waals surface area contributed by atoms with E-state index in [0.29, 0.717) is 26.3 Å². The van der Waals surface area contributed by atoms with Gasteiger partial charge in [-0.3, -0.25) is 4.90 Å². The van der Waals surface area contributed by atoms with Gasteiger partial charge in [0.15, 0.2) is 0 Å². The third-order valence-corrected chi connectivity index (χ3v) is 5.55. The molecule has 0 radical (unpaired) electrons. The van der Waals surface area contributed by atoms with Gasteiger partial charge in [0.2, 0.25) is 10.0 Å². The van der Waals surface area contributed by atoms with Crippen LogP contribution in [0.5, 0.6) is 0 Å². The number of benzene rings is 1. The van der Waals surface area contributed by atoms with E-state index in [9.17, 15) is 8.42 Å². The highest BCUT2D eigenvalue weighted by molar-refractivity contribution is 7.88. The van der Waals surface area contributed by atoms with E-state index in [1.54, 1.807) is 12.1 Å². The van der Waals surface area contributed by atoms with E-state index in [1.165, 1.54) is 4.31 Å². The second kappa shape index (κ2) is 8.59. The van der Waals surface area contributed by atoms with Crippen LogP contribution in [-0.4, -0.2) is 75.3 Å². The summed E-state index contributed by atoms with van der Waals surface area (Å²) >= 11 is 0. The van der Waals surface area contributed by atoms with Crippen LogP contribution >= 0.6 is 0 Å². The van der Waals surface area contributed by atoms with Gasteiger partial charge in [0, 0.05) is 32.7 Å². The molecule has 0 bridgehead atoms. The van der Waals surface area contributed by atoms with Crippen LogP contribution < -0.4 is 0 Å². The van der Waals surface area contributed by atoms with Gasteiger partial charge >= 0.3 is 0 Å². The Kier molecular flexibility index (Phi) is 6.78. The van der Waals surface area contributed by atoms with Gasteiger partial charge in [-0.1, -0.05) is 30.3 Å². The minimum Gasteiger partial charge on any atom is -0.395 e. The molecule has 0 saturated carbocycles. The van der Waals surface area contributed by atoms with Crippen molar-refractivity contribution in [2.24, 2.45) is 0 Å². The zero-order valence-electron chi connectivity index (χ0n) is 12.7. The lowest BCUT2D eigenvalue weighted by Gasteiger charge is -2.29. The molecule has 0 amide bonds. The number of rotatable bonds is 8. The molecule has 7 heteroatoms. The molecule has 0 aliphatic carbocycles. The summed E-state index contributed by atoms with van der Waals surface area (Å²) in [4.78, 5) is 2.19. The first kappa shape index (κ1) is 17.4. The third kappa shape index (κ3) is 5.33. The Morgan fingerprint density at radius 2 is 1.82 bits per heavy atom. The molecular weight excluding hydrogens is 304 g/mol. The van der Waals surface area contributed by atoms with E-state index in [2.05, 4.69) is 4.90 Å². The minimum absolute atomic E-state index is 0.0308. The largest absolute Gasteiger partial charge is 0.395 e. The molecule has 1 aromatic carbocycles. The number of hydrogen-bond donors (Lipinski definition) is 1. The van der Waals surface area contributed by atoms with Gasteiger partial charge < -0.3 is 9.84 Å². The van der Waals surface area contributed by atoms with E-state index < -0.39 is 10.0 Å². The Labute approximate surface area is 132 Å². The molecule has 124 valence electrons. The lowest BCUT2D eigenvalue weighted by Crippen LogP contribution is -2.44. The van der Waals surface area contributed by atoms with E-state index in [4.69, 9.17) is 9.84 Å². The molecule has 1 fully saturated rings. The van der Waals surface area contributed by atoms with Gasteiger partial charge in [-0.05, 0) is 5.56 Å². The number of hydrogen-bond acceptors (Lipinski definition) is 5. The maximum absolute atomic E-state index is 12.5. The molecule has 1 heterocycles. The number of sulfonamides is 1. The summed E-state index contributed by atoms with van der Waals surface area (Å²) in [6, 6.07) is 9.12. The molecule has 2 rings (SSSR count). The van der Waals surface area contributed by atoms with E-state index in [-0.39, 0.29) is 18.9 Å². The molecule has 0 spiro atoms. The van der Waals surface area contributed by atoms with Crippen molar-refractivity contribution in [1.82, 2.24) is 9.21 Å². The van der Waals surface area contributed by atoms with E-state index in [0.717, 1.165) is 18.7 Å². The lowest BCUT2D eigenvalue weighted by molar-refractivity contribution is 0.0359. The predicted molar refractivity (Wildman–Crippen MR) is 85.0 cm³/mol. The average Bonchev–Trinajstić information content (AvgIpc) is 2.53. The quantitative estimate of drug-likeness (QED) is 0.735. The Morgan fingerprint density at radius 1 is 1.14 bits per heavy atom. The Morgan fingerprint density at radius 3 is 2.45 bits per heavy atom. The number of nitrogens with zero attached hydrogens (tertiary/aromatic N) is 2. The number of morpholine rings is 1. The smallest absolute Gasteiger partial charge is 0.218 e. The zero-order valence-corrected chi connectivity index (χ0v) is 13.5. The summed E-state index contributed by atoms with van der Waals surface area (Å²) in [6.07, 6.45) is 0. The van der Waals surface area contributed by atoms with Crippen molar-refractivity contribution in [1.29, 1.82) is 0 Å². The molecule has 0 unspecified atom stereocenters. The maximum Gasteiger partial charge on any atom is 0.218 e. The van der Waals surface area contributed by atoms with Gasteiger partial charge in [-0.25, -0.2) is 8.42 Å². The first-order valence-corrected chi connectivity index (χ1v) is 9.15. The van der Waals surface area contributed by atoms with Crippen LogP contribution in [-0.2, 0) is 20.5 Å². The van der Waals surface area contributed by atoms with Crippen LogP contribution in [0.1, 0.15) is 5.56 Å². The van der Waals surface area contributed by atoms with Crippen LogP contribution in [0.2, 0.25) is 0 Å². The van der Waals surface area contributed by atoms with Crippen molar-refractivity contribution in [2.45, 2.75) is 5.75 Å². The summed E-state index contributed by atoms with van der Waals surface area (Å²) in [5, 5.41) is 9.16. The SMILES string of the molecule is O=S(=O)(Cc1ccccc1)N(CCO)CCN1CCOCC1. The summed E-state index contributed by atoms with van der Waals surface area (Å²) in [5.41, 5.74) is 0.761. The summed E-state index contributed by atoms with van der Waals surface area (Å²) in [7, 11) is -3.42. The van der Waals surface area contributed by atoms with Crippen molar-refractivity contribution < 1.29 is 18.3 Å². The topological polar surface area (TPSA) is 70.1 Å². The van der Waals surface area contributed by atoms with Gasteiger partial charge in [0.1, 0.15) is 0 Å². The number of aliphatic hydroxyl groups excluding tert-OH is 1. The monoisotopic (exact) mass is 328 g/mol. The maximum atomic E-state index is 12.5. The molecule has 0 atom stereocenters. The minimum atomic E-state index is -3.42. The molecule has 6 nitrogen and oxygen atoms in total. The molecule has 1 saturated heterocycles. The summed E-state index contributed by atoms with van der Waals surface area (Å²) in [6.45, 7) is 4.06. The summed E-state index contributed by atoms with van der Waals surface area (Å²) < 4.78 is 31.7. The number of ether oxygens (including phenoxy) is 1. The Hall–Kier alpha value is -0.990. The van der Waals surface area contributed by atoms with Crippen LogP contribution in [0, 0.1) is 0 Å². The highest BCUT2D eigenvalue weighted by Crippen LogP contribution is 2.11. The van der Waals surface area contributed by atoms with Gasteiger partial charge in [-0.15, -0.1) is 0 Å². The average molecular weight is 328 g/mol. The normalized spacial score (nSPS) is 17.0. The van der Waals surface area contributed by atoms with Gasteiger partial charge in [-0.2, -0.15) is 4.31 Å². The molecule has 1 aliphatic rings. The van der Waals surface area contributed by atoms with Crippen molar-refractivity contribution in [3.05, 3.63) is 35.9 Å². The first-order chi connectivity index (χ1) is 10.6. The predicted octanol–water partition coefficient (Wildman–Crippen LogP) is 0.143. The third-order valence-electron chi connectivity index (χ3n) is 3.70. The van der Waals surface area contributed by atoms with Gasteiger partial charge in [0.05, 0.1) is 25.6 Å². The molecule has 1 aromatic rings. The summed E-state index contributed by atoms with van der Waals surface area (Å²) in [5.74, 6) is -0.0308. The second-order valence-electron chi connectivity index (χ2n) is 5.32. The highest BCUT2D eigenvalue weighted by Gasteiger charge is 2.23. The van der Waals surface area contributed by atoms with Crippen molar-refractivity contribution in [3.63, 3.8) is 0 Å². The fraction of sp³-hybridized carbons (Fsp3) is 0.600. The van der Waals surface area contributed by atoms with Gasteiger partial charge in [0.25, 0.3) is 0 Å². The fourth-order valence-corrected chi connectivity index (χ4v) is 3.97. The molecule has 22 heavy (non-hydrogen) atoms.